The van der Waals surface area contributed by atoms with Gasteiger partial charge in [0, 0.05) is 18.3 Å². The Balaban J connectivity index is 0.00000300. The molecule has 0 fully saturated rings. The number of hydrogen-bond donors (Lipinski definition) is 2. The fraction of sp³-hybridized carbons (Fsp3) is 0.273. The van der Waals surface area contributed by atoms with Gasteiger partial charge >= 0.3 is 0 Å². The number of amides is 1. The first kappa shape index (κ1) is 22.5. The van der Waals surface area contributed by atoms with Crippen molar-refractivity contribution in [1.29, 1.82) is 0 Å². The Kier molecular flexibility index (Phi) is 8.70. The van der Waals surface area contributed by atoms with Crippen molar-refractivity contribution in [3.63, 3.8) is 0 Å². The van der Waals surface area contributed by atoms with E-state index < -0.39 is 0 Å². The van der Waals surface area contributed by atoms with E-state index in [1.54, 1.807) is 18.0 Å². The molecule has 0 saturated carbocycles. The quantitative estimate of drug-likeness (QED) is 0.525. The van der Waals surface area contributed by atoms with Crippen LogP contribution in [0.15, 0.2) is 60.8 Å². The maximum atomic E-state index is 12.8. The number of aromatic nitrogens is 2. The minimum Gasteiger partial charge on any atom is -0.497 e. The van der Waals surface area contributed by atoms with Crippen molar-refractivity contribution in [2.24, 2.45) is 5.73 Å². The van der Waals surface area contributed by atoms with Crippen LogP contribution < -0.4 is 15.8 Å². The van der Waals surface area contributed by atoms with E-state index in [4.69, 9.17) is 15.6 Å². The zero-order valence-electron chi connectivity index (χ0n) is 16.5. The number of ether oxygens (including phenoxy) is 1. The van der Waals surface area contributed by atoms with E-state index in [9.17, 15) is 4.79 Å². The van der Waals surface area contributed by atoms with Gasteiger partial charge in [-0.05, 0) is 37.1 Å². The number of hydrogen-bond acceptors (Lipinski definition) is 4. The summed E-state index contributed by atoms with van der Waals surface area (Å²) in [5, 5.41) is 7.67. The summed E-state index contributed by atoms with van der Waals surface area (Å²) in [6.45, 7) is 1.82. The van der Waals surface area contributed by atoms with Crippen molar-refractivity contribution in [3.05, 3.63) is 71.9 Å². The second kappa shape index (κ2) is 11.2. The molecule has 0 spiro atoms. The second-order valence-corrected chi connectivity index (χ2v) is 6.56. The fourth-order valence-electron chi connectivity index (χ4n) is 2.99. The van der Waals surface area contributed by atoms with Gasteiger partial charge in [0.1, 0.15) is 11.4 Å². The first-order chi connectivity index (χ1) is 13.7. The van der Waals surface area contributed by atoms with Gasteiger partial charge in [0.2, 0.25) is 0 Å². The van der Waals surface area contributed by atoms with Crippen LogP contribution >= 0.6 is 12.4 Å². The first-order valence-corrected chi connectivity index (χ1v) is 9.45. The molecule has 0 aliphatic rings. The standard InChI is InChI=1S/C22H26N4O2.ClH/c1-28-19-11-7-10-18(14-19)21-20(22(27)24-13-6-5-12-23)16-26(25-21)15-17-8-3-2-4-9-17;/h2-4,7-11,14,16H,5-6,12-13,15,23H2,1H3,(H,24,27);1H. The van der Waals surface area contributed by atoms with Crippen LogP contribution in [0.4, 0.5) is 0 Å². The van der Waals surface area contributed by atoms with Gasteiger partial charge in [-0.1, -0.05) is 42.5 Å². The zero-order chi connectivity index (χ0) is 19.8. The Morgan fingerprint density at radius 2 is 1.93 bits per heavy atom. The van der Waals surface area contributed by atoms with Crippen LogP contribution in [0, 0.1) is 0 Å². The number of benzene rings is 2. The van der Waals surface area contributed by atoms with Crippen LogP contribution in [0.3, 0.4) is 0 Å². The number of carbonyl (C=O) groups is 1. The summed E-state index contributed by atoms with van der Waals surface area (Å²) in [6.07, 6.45) is 3.55. The molecule has 0 aliphatic carbocycles. The molecular weight excluding hydrogens is 388 g/mol. The predicted molar refractivity (Wildman–Crippen MR) is 118 cm³/mol. The summed E-state index contributed by atoms with van der Waals surface area (Å²) in [5.74, 6) is 0.596. The Morgan fingerprint density at radius 1 is 1.14 bits per heavy atom. The number of methoxy groups -OCH3 is 1. The van der Waals surface area contributed by atoms with Crippen LogP contribution in [0.25, 0.3) is 11.3 Å². The lowest BCUT2D eigenvalue weighted by atomic mass is 10.1. The van der Waals surface area contributed by atoms with Gasteiger partial charge < -0.3 is 15.8 Å². The number of unbranched alkanes of at least 4 members (excludes halogenated alkanes) is 1. The SMILES string of the molecule is COc1cccc(-c2nn(Cc3ccccc3)cc2C(=O)NCCCCN)c1.Cl. The monoisotopic (exact) mass is 414 g/mol. The number of rotatable bonds is 9. The highest BCUT2D eigenvalue weighted by Gasteiger charge is 2.18. The van der Waals surface area contributed by atoms with Crippen LogP contribution in [0.1, 0.15) is 28.8 Å². The van der Waals surface area contributed by atoms with Crippen LogP contribution in [0.5, 0.6) is 5.75 Å². The molecule has 1 aromatic heterocycles. The van der Waals surface area contributed by atoms with Crippen molar-refractivity contribution in [1.82, 2.24) is 15.1 Å². The van der Waals surface area contributed by atoms with E-state index >= 15 is 0 Å². The van der Waals surface area contributed by atoms with Gasteiger partial charge in [-0.2, -0.15) is 5.10 Å². The van der Waals surface area contributed by atoms with E-state index in [1.165, 1.54) is 0 Å². The van der Waals surface area contributed by atoms with Crippen molar-refractivity contribution in [2.45, 2.75) is 19.4 Å². The Hall–Kier alpha value is -2.83. The van der Waals surface area contributed by atoms with Gasteiger partial charge in [-0.15, -0.1) is 12.4 Å². The highest BCUT2D eigenvalue weighted by Crippen LogP contribution is 2.26. The first-order valence-electron chi connectivity index (χ1n) is 9.45. The molecule has 3 aromatic rings. The Morgan fingerprint density at radius 3 is 2.66 bits per heavy atom. The molecule has 7 heteroatoms. The molecule has 0 unspecified atom stereocenters. The number of nitrogens with one attached hydrogen (secondary N) is 1. The molecule has 0 radical (unpaired) electrons. The number of nitrogens with two attached hydrogens (primary N) is 1. The smallest absolute Gasteiger partial charge is 0.255 e. The molecule has 0 aliphatic heterocycles. The molecule has 3 N–H and O–H groups in total. The minimum atomic E-state index is -0.130. The molecule has 1 amide bonds. The van der Waals surface area contributed by atoms with Crippen molar-refractivity contribution in [3.8, 4) is 17.0 Å². The summed E-state index contributed by atoms with van der Waals surface area (Å²) in [5.41, 5.74) is 8.69. The number of nitrogens with zero attached hydrogens (tertiary/aromatic N) is 2. The maximum absolute atomic E-state index is 12.8. The van der Waals surface area contributed by atoms with Crippen molar-refractivity contribution < 1.29 is 9.53 Å². The molecule has 1 heterocycles. The molecule has 0 atom stereocenters. The summed E-state index contributed by atoms with van der Waals surface area (Å²) >= 11 is 0. The second-order valence-electron chi connectivity index (χ2n) is 6.56. The lowest BCUT2D eigenvalue weighted by Gasteiger charge is -2.06. The highest BCUT2D eigenvalue weighted by atomic mass is 35.5. The molecular formula is C22H27ClN4O2. The van der Waals surface area contributed by atoms with E-state index in [2.05, 4.69) is 5.32 Å². The third-order valence-corrected chi connectivity index (χ3v) is 4.45. The van der Waals surface area contributed by atoms with Crippen LogP contribution in [0.2, 0.25) is 0 Å². The third-order valence-electron chi connectivity index (χ3n) is 4.45. The van der Waals surface area contributed by atoms with Gasteiger partial charge in [0.15, 0.2) is 0 Å². The zero-order valence-corrected chi connectivity index (χ0v) is 17.3. The lowest BCUT2D eigenvalue weighted by molar-refractivity contribution is 0.0953. The average Bonchev–Trinajstić information content (AvgIpc) is 3.16. The van der Waals surface area contributed by atoms with E-state index in [0.717, 1.165) is 29.7 Å². The van der Waals surface area contributed by atoms with Crippen LogP contribution in [-0.4, -0.2) is 35.9 Å². The van der Waals surface area contributed by atoms with Gasteiger partial charge in [0.05, 0.1) is 19.2 Å². The molecule has 3 rings (SSSR count). The minimum absolute atomic E-state index is 0. The highest BCUT2D eigenvalue weighted by molar-refractivity contribution is 5.99. The fourth-order valence-corrected chi connectivity index (χ4v) is 2.99. The predicted octanol–water partition coefficient (Wildman–Crippen LogP) is 3.50. The van der Waals surface area contributed by atoms with Crippen molar-refractivity contribution in [2.75, 3.05) is 20.2 Å². The topological polar surface area (TPSA) is 82.2 Å². The van der Waals surface area contributed by atoms with E-state index in [-0.39, 0.29) is 18.3 Å². The Bertz CT molecular complexity index is 912. The summed E-state index contributed by atoms with van der Waals surface area (Å²) in [4.78, 5) is 12.8. The third kappa shape index (κ3) is 6.07. The molecule has 0 bridgehead atoms. The normalized spacial score (nSPS) is 10.3. The number of carbonyl (C=O) groups excluding carboxylic acids is 1. The Labute approximate surface area is 177 Å². The molecule has 6 nitrogen and oxygen atoms in total. The average molecular weight is 415 g/mol. The van der Waals surface area contributed by atoms with Crippen molar-refractivity contribution >= 4 is 18.3 Å². The van der Waals surface area contributed by atoms with E-state index in [1.807, 2.05) is 54.6 Å². The molecule has 2 aromatic carbocycles. The summed E-state index contributed by atoms with van der Waals surface area (Å²) in [7, 11) is 1.62. The number of halogens is 1. The largest absolute Gasteiger partial charge is 0.497 e. The maximum Gasteiger partial charge on any atom is 0.255 e. The molecule has 29 heavy (non-hydrogen) atoms. The summed E-state index contributed by atoms with van der Waals surface area (Å²) < 4.78 is 7.13. The van der Waals surface area contributed by atoms with Gasteiger partial charge in [-0.25, -0.2) is 0 Å². The molecule has 0 saturated heterocycles. The summed E-state index contributed by atoms with van der Waals surface area (Å²) in [6, 6.07) is 17.6. The van der Waals surface area contributed by atoms with E-state index in [0.29, 0.717) is 30.9 Å². The van der Waals surface area contributed by atoms with Gasteiger partial charge in [0.25, 0.3) is 5.91 Å². The van der Waals surface area contributed by atoms with Crippen LogP contribution in [-0.2, 0) is 6.54 Å². The lowest BCUT2D eigenvalue weighted by Crippen LogP contribution is -2.25. The van der Waals surface area contributed by atoms with Gasteiger partial charge in [-0.3, -0.25) is 9.48 Å². The molecule has 154 valence electrons.